The molecular formula is C14H23NO6S. The number of carbonyl (C=O) groups is 2. The largest absolute Gasteiger partial charge is 0.480 e. The van der Waals surface area contributed by atoms with E-state index in [1.807, 2.05) is 0 Å². The topological polar surface area (TPSA) is 101 Å². The molecule has 2 rings (SSSR count). The van der Waals surface area contributed by atoms with E-state index < -0.39 is 39.7 Å². The maximum absolute atomic E-state index is 12.7. The van der Waals surface area contributed by atoms with Crippen LogP contribution in [-0.2, 0) is 24.3 Å². The van der Waals surface area contributed by atoms with Crippen LogP contribution in [0.5, 0.6) is 0 Å². The molecule has 0 bridgehead atoms. The zero-order valence-corrected chi connectivity index (χ0v) is 13.7. The molecule has 0 amide bonds. The molecule has 8 heteroatoms. The second kappa shape index (κ2) is 6.54. The normalized spacial score (nSPS) is 30.5. The van der Waals surface area contributed by atoms with E-state index in [1.54, 1.807) is 0 Å². The molecule has 1 aliphatic heterocycles. The second-order valence-corrected chi connectivity index (χ2v) is 8.15. The minimum absolute atomic E-state index is 0.109. The molecule has 2 aliphatic rings. The highest BCUT2D eigenvalue weighted by atomic mass is 32.2. The number of esters is 1. The van der Waals surface area contributed by atoms with Crippen LogP contribution in [0.1, 0.15) is 39.0 Å². The number of hydrogen-bond acceptors (Lipinski definition) is 5. The fourth-order valence-corrected chi connectivity index (χ4v) is 5.90. The molecule has 1 heterocycles. The van der Waals surface area contributed by atoms with Crippen molar-refractivity contribution in [3.05, 3.63) is 0 Å². The molecule has 0 spiro atoms. The lowest BCUT2D eigenvalue weighted by Crippen LogP contribution is -2.48. The number of fused-ring (bicyclic) bond motifs is 1. The second-order valence-electron chi connectivity index (χ2n) is 6.23. The minimum Gasteiger partial charge on any atom is -0.480 e. The molecule has 7 nitrogen and oxygen atoms in total. The van der Waals surface area contributed by atoms with Gasteiger partial charge in [0.2, 0.25) is 10.0 Å². The van der Waals surface area contributed by atoms with Crippen LogP contribution in [0.15, 0.2) is 0 Å². The van der Waals surface area contributed by atoms with E-state index in [-0.39, 0.29) is 12.0 Å². The number of ether oxygens (including phenoxy) is 1. The Balaban J connectivity index is 2.25. The number of sulfonamides is 1. The van der Waals surface area contributed by atoms with Crippen LogP contribution in [0.2, 0.25) is 0 Å². The zero-order valence-electron chi connectivity index (χ0n) is 12.9. The average molecular weight is 333 g/mol. The lowest BCUT2D eigenvalue weighted by molar-refractivity contribution is -0.144. The average Bonchev–Trinajstić information content (AvgIpc) is 2.86. The van der Waals surface area contributed by atoms with E-state index in [1.165, 1.54) is 18.3 Å². The van der Waals surface area contributed by atoms with Crippen molar-refractivity contribution in [3.63, 3.8) is 0 Å². The minimum atomic E-state index is -3.83. The lowest BCUT2D eigenvalue weighted by Gasteiger charge is -2.32. The monoisotopic (exact) mass is 333 g/mol. The third kappa shape index (κ3) is 3.27. The van der Waals surface area contributed by atoms with E-state index in [0.29, 0.717) is 12.8 Å². The van der Waals surface area contributed by atoms with Crippen molar-refractivity contribution in [2.75, 3.05) is 12.9 Å². The Labute approximate surface area is 130 Å². The summed E-state index contributed by atoms with van der Waals surface area (Å²) >= 11 is 0. The fourth-order valence-electron chi connectivity index (χ4n) is 3.70. The summed E-state index contributed by atoms with van der Waals surface area (Å²) in [7, 11) is -2.62. The molecule has 1 saturated heterocycles. The number of carboxylic acids is 1. The summed E-state index contributed by atoms with van der Waals surface area (Å²) in [4.78, 5) is 23.0. The predicted octanol–water partition coefficient (Wildman–Crippen LogP) is 0.843. The van der Waals surface area contributed by atoms with E-state index >= 15 is 0 Å². The van der Waals surface area contributed by atoms with Gasteiger partial charge < -0.3 is 9.84 Å². The Kier molecular flexibility index (Phi) is 5.11. The van der Waals surface area contributed by atoms with Crippen molar-refractivity contribution in [1.29, 1.82) is 0 Å². The number of hydrogen-bond donors (Lipinski definition) is 1. The Morgan fingerprint density at radius 2 is 1.95 bits per heavy atom. The van der Waals surface area contributed by atoms with Crippen molar-refractivity contribution in [1.82, 2.24) is 4.31 Å². The molecule has 0 aromatic rings. The Morgan fingerprint density at radius 1 is 1.32 bits per heavy atom. The number of rotatable bonds is 5. The van der Waals surface area contributed by atoms with Gasteiger partial charge in [-0.2, -0.15) is 4.31 Å². The van der Waals surface area contributed by atoms with Gasteiger partial charge in [0.25, 0.3) is 0 Å². The molecule has 0 aromatic carbocycles. The van der Waals surface area contributed by atoms with Gasteiger partial charge in [0.1, 0.15) is 6.04 Å². The third-order valence-electron chi connectivity index (χ3n) is 4.70. The quantitative estimate of drug-likeness (QED) is 0.748. The molecule has 4 atom stereocenters. The standard InChI is InChI=1S/C14H23NO6S/c1-9(14(18)21-2)8-22(19,20)15-11-6-4-3-5-10(11)7-12(15)13(16)17/h9-12H,3-8H2,1-2H3,(H,16,17). The summed E-state index contributed by atoms with van der Waals surface area (Å²) in [6.07, 6.45) is 3.85. The van der Waals surface area contributed by atoms with Crippen molar-refractivity contribution in [2.24, 2.45) is 11.8 Å². The molecule has 4 unspecified atom stereocenters. The van der Waals surface area contributed by atoms with Gasteiger partial charge in [-0.25, -0.2) is 8.42 Å². The summed E-state index contributed by atoms with van der Waals surface area (Å²) < 4.78 is 31.1. The van der Waals surface area contributed by atoms with E-state index in [0.717, 1.165) is 19.3 Å². The van der Waals surface area contributed by atoms with E-state index in [4.69, 9.17) is 0 Å². The summed E-state index contributed by atoms with van der Waals surface area (Å²) in [6.45, 7) is 1.48. The first-order chi connectivity index (χ1) is 10.3. The third-order valence-corrected chi connectivity index (χ3v) is 6.79. The molecule has 0 radical (unpaired) electrons. The Morgan fingerprint density at radius 3 is 2.55 bits per heavy atom. The van der Waals surface area contributed by atoms with Crippen molar-refractivity contribution < 1.29 is 27.9 Å². The highest BCUT2D eigenvalue weighted by molar-refractivity contribution is 7.89. The first-order valence-corrected chi connectivity index (χ1v) is 9.20. The van der Waals surface area contributed by atoms with Crippen LogP contribution in [0.3, 0.4) is 0 Å². The van der Waals surface area contributed by atoms with Gasteiger partial charge in [0.05, 0.1) is 18.8 Å². The molecular weight excluding hydrogens is 310 g/mol. The molecule has 0 aromatic heterocycles. The highest BCUT2D eigenvalue weighted by Gasteiger charge is 2.51. The van der Waals surface area contributed by atoms with Crippen LogP contribution in [0, 0.1) is 11.8 Å². The first kappa shape index (κ1) is 17.2. The Bertz CT molecular complexity index is 546. The summed E-state index contributed by atoms with van der Waals surface area (Å²) in [5.41, 5.74) is 0. The molecule has 1 aliphatic carbocycles. The van der Waals surface area contributed by atoms with Gasteiger partial charge in [0.15, 0.2) is 0 Å². The summed E-state index contributed by atoms with van der Waals surface area (Å²) in [6, 6.07) is -1.26. The SMILES string of the molecule is COC(=O)C(C)CS(=O)(=O)N1C(C(=O)O)CC2CCCCC21. The van der Waals surface area contributed by atoms with Crippen LogP contribution in [0.25, 0.3) is 0 Å². The summed E-state index contributed by atoms with van der Waals surface area (Å²) in [5, 5.41) is 9.39. The summed E-state index contributed by atoms with van der Waals surface area (Å²) in [5.74, 6) is -2.82. The number of nitrogens with zero attached hydrogens (tertiary/aromatic N) is 1. The number of aliphatic carboxylic acids is 1. The predicted molar refractivity (Wildman–Crippen MR) is 78.6 cm³/mol. The van der Waals surface area contributed by atoms with Crippen LogP contribution in [0.4, 0.5) is 0 Å². The van der Waals surface area contributed by atoms with Gasteiger partial charge in [-0.1, -0.05) is 19.8 Å². The van der Waals surface area contributed by atoms with Gasteiger partial charge >= 0.3 is 11.9 Å². The van der Waals surface area contributed by atoms with E-state index in [9.17, 15) is 23.1 Å². The van der Waals surface area contributed by atoms with Gasteiger partial charge in [-0.3, -0.25) is 9.59 Å². The smallest absolute Gasteiger partial charge is 0.322 e. The number of carboxylic acid groups (broad SMARTS) is 1. The maximum atomic E-state index is 12.7. The number of carbonyl (C=O) groups excluding carboxylic acids is 1. The molecule has 22 heavy (non-hydrogen) atoms. The van der Waals surface area contributed by atoms with Crippen LogP contribution >= 0.6 is 0 Å². The molecule has 2 fully saturated rings. The molecule has 126 valence electrons. The van der Waals surface area contributed by atoms with Crippen molar-refractivity contribution in [2.45, 2.75) is 51.1 Å². The lowest BCUT2D eigenvalue weighted by atomic mass is 9.85. The van der Waals surface area contributed by atoms with Crippen LogP contribution < -0.4 is 0 Å². The van der Waals surface area contributed by atoms with Gasteiger partial charge in [-0.15, -0.1) is 0 Å². The Hall–Kier alpha value is -1.15. The van der Waals surface area contributed by atoms with Crippen molar-refractivity contribution >= 4 is 22.0 Å². The fraction of sp³-hybridized carbons (Fsp3) is 0.857. The first-order valence-electron chi connectivity index (χ1n) is 7.59. The van der Waals surface area contributed by atoms with Crippen LogP contribution in [-0.4, -0.2) is 54.7 Å². The van der Waals surface area contributed by atoms with Gasteiger partial charge in [0, 0.05) is 6.04 Å². The zero-order chi connectivity index (χ0) is 16.5. The van der Waals surface area contributed by atoms with Crippen molar-refractivity contribution in [3.8, 4) is 0 Å². The van der Waals surface area contributed by atoms with E-state index in [2.05, 4.69) is 4.74 Å². The highest BCUT2D eigenvalue weighted by Crippen LogP contribution is 2.41. The molecule has 1 N–H and O–H groups in total. The molecule has 1 saturated carbocycles. The van der Waals surface area contributed by atoms with Gasteiger partial charge in [-0.05, 0) is 25.2 Å². The maximum Gasteiger partial charge on any atom is 0.322 e. The number of methoxy groups -OCH3 is 1.